The second kappa shape index (κ2) is 8.31. The Bertz CT molecular complexity index is 969. The maximum absolute atomic E-state index is 13.6. The lowest BCUT2D eigenvalue weighted by Gasteiger charge is -2.15. The SMILES string of the molecule is C[C@@H](Oc1ccccc1F)C(=O)NNC(=O)Cc1cccc2ccccc12. The van der Waals surface area contributed by atoms with Gasteiger partial charge in [0.15, 0.2) is 17.7 Å². The number of para-hydroxylation sites is 1. The fraction of sp³-hybridized carbons (Fsp3) is 0.143. The highest BCUT2D eigenvalue weighted by molar-refractivity contribution is 5.91. The average Bonchev–Trinajstić information content (AvgIpc) is 2.68. The summed E-state index contributed by atoms with van der Waals surface area (Å²) in [5.74, 6) is -1.53. The number of fused-ring (bicyclic) bond motifs is 1. The summed E-state index contributed by atoms with van der Waals surface area (Å²) in [6.45, 7) is 1.47. The highest BCUT2D eigenvalue weighted by Crippen LogP contribution is 2.19. The smallest absolute Gasteiger partial charge is 0.279 e. The van der Waals surface area contributed by atoms with E-state index in [-0.39, 0.29) is 18.1 Å². The Morgan fingerprint density at radius 1 is 0.963 bits per heavy atom. The monoisotopic (exact) mass is 366 g/mol. The van der Waals surface area contributed by atoms with Gasteiger partial charge in [-0.05, 0) is 35.4 Å². The van der Waals surface area contributed by atoms with Gasteiger partial charge in [-0.2, -0.15) is 0 Å². The highest BCUT2D eigenvalue weighted by atomic mass is 19.1. The third kappa shape index (κ3) is 4.61. The first-order valence-electron chi connectivity index (χ1n) is 8.51. The molecule has 0 saturated heterocycles. The van der Waals surface area contributed by atoms with E-state index in [2.05, 4.69) is 10.9 Å². The molecule has 0 saturated carbocycles. The van der Waals surface area contributed by atoms with E-state index in [1.165, 1.54) is 25.1 Å². The van der Waals surface area contributed by atoms with Crippen molar-refractivity contribution < 1.29 is 18.7 Å². The van der Waals surface area contributed by atoms with E-state index in [0.717, 1.165) is 16.3 Å². The molecule has 5 nitrogen and oxygen atoms in total. The van der Waals surface area contributed by atoms with E-state index in [9.17, 15) is 14.0 Å². The zero-order valence-corrected chi connectivity index (χ0v) is 14.7. The number of hydrazine groups is 1. The molecule has 3 rings (SSSR count). The molecule has 2 amide bonds. The van der Waals surface area contributed by atoms with Crippen molar-refractivity contribution in [2.45, 2.75) is 19.4 Å². The Hall–Kier alpha value is -3.41. The van der Waals surface area contributed by atoms with Crippen LogP contribution in [0.4, 0.5) is 4.39 Å². The number of ether oxygens (including phenoxy) is 1. The predicted octanol–water partition coefficient (Wildman–Crippen LogP) is 3.14. The van der Waals surface area contributed by atoms with Crippen molar-refractivity contribution in [2.75, 3.05) is 0 Å². The lowest BCUT2D eigenvalue weighted by atomic mass is 10.0. The van der Waals surface area contributed by atoms with Crippen LogP contribution in [0.25, 0.3) is 10.8 Å². The summed E-state index contributed by atoms with van der Waals surface area (Å²) in [4.78, 5) is 24.2. The minimum atomic E-state index is -0.972. The molecular formula is C21H19FN2O3. The van der Waals surface area contributed by atoms with Crippen LogP contribution in [-0.4, -0.2) is 17.9 Å². The molecule has 0 aliphatic carbocycles. The average molecular weight is 366 g/mol. The second-order valence-corrected chi connectivity index (χ2v) is 6.04. The minimum Gasteiger partial charge on any atom is -0.478 e. The fourth-order valence-corrected chi connectivity index (χ4v) is 2.68. The van der Waals surface area contributed by atoms with Gasteiger partial charge in [0.25, 0.3) is 5.91 Å². The maximum Gasteiger partial charge on any atom is 0.279 e. The first-order valence-corrected chi connectivity index (χ1v) is 8.51. The van der Waals surface area contributed by atoms with E-state index in [4.69, 9.17) is 4.74 Å². The van der Waals surface area contributed by atoms with Crippen LogP contribution >= 0.6 is 0 Å². The largest absolute Gasteiger partial charge is 0.478 e. The summed E-state index contributed by atoms with van der Waals surface area (Å²) in [5.41, 5.74) is 5.53. The summed E-state index contributed by atoms with van der Waals surface area (Å²) in [7, 11) is 0. The molecule has 1 atom stereocenters. The molecule has 0 aromatic heterocycles. The third-order valence-corrected chi connectivity index (χ3v) is 4.07. The number of hydrogen-bond acceptors (Lipinski definition) is 3. The van der Waals surface area contributed by atoms with Crippen LogP contribution in [0, 0.1) is 5.82 Å². The highest BCUT2D eigenvalue weighted by Gasteiger charge is 2.17. The van der Waals surface area contributed by atoms with Gasteiger partial charge in [0, 0.05) is 0 Å². The zero-order chi connectivity index (χ0) is 19.2. The Morgan fingerprint density at radius 3 is 2.48 bits per heavy atom. The van der Waals surface area contributed by atoms with Crippen molar-refractivity contribution in [3.63, 3.8) is 0 Å². The van der Waals surface area contributed by atoms with Crippen LogP contribution in [0.5, 0.6) is 5.75 Å². The lowest BCUT2D eigenvalue weighted by molar-refractivity contribution is -0.132. The van der Waals surface area contributed by atoms with Gasteiger partial charge >= 0.3 is 0 Å². The number of carbonyl (C=O) groups is 2. The summed E-state index contributed by atoms with van der Waals surface area (Å²) in [5, 5.41) is 2.02. The molecule has 3 aromatic rings. The number of halogens is 1. The maximum atomic E-state index is 13.6. The number of amides is 2. The van der Waals surface area contributed by atoms with Gasteiger partial charge in [0.2, 0.25) is 5.91 Å². The number of benzene rings is 3. The molecule has 6 heteroatoms. The Balaban J connectivity index is 1.55. The number of rotatable bonds is 5. The van der Waals surface area contributed by atoms with Gasteiger partial charge in [-0.25, -0.2) is 4.39 Å². The van der Waals surface area contributed by atoms with Crippen molar-refractivity contribution in [3.05, 3.63) is 78.1 Å². The van der Waals surface area contributed by atoms with Crippen LogP contribution in [0.1, 0.15) is 12.5 Å². The van der Waals surface area contributed by atoms with E-state index in [0.29, 0.717) is 0 Å². The molecule has 27 heavy (non-hydrogen) atoms. The molecule has 0 radical (unpaired) electrons. The molecule has 0 aliphatic heterocycles. The van der Waals surface area contributed by atoms with Gasteiger partial charge in [0.05, 0.1) is 6.42 Å². The summed E-state index contributed by atoms with van der Waals surface area (Å²) >= 11 is 0. The van der Waals surface area contributed by atoms with Crippen molar-refractivity contribution in [3.8, 4) is 5.75 Å². The van der Waals surface area contributed by atoms with Gasteiger partial charge in [0.1, 0.15) is 0 Å². The van der Waals surface area contributed by atoms with Crippen LogP contribution in [0.3, 0.4) is 0 Å². The first-order chi connectivity index (χ1) is 13.0. The fourth-order valence-electron chi connectivity index (χ4n) is 2.68. The second-order valence-electron chi connectivity index (χ2n) is 6.04. The zero-order valence-electron chi connectivity index (χ0n) is 14.7. The number of carbonyl (C=O) groups excluding carboxylic acids is 2. The Labute approximate surface area is 156 Å². The Kier molecular flexibility index (Phi) is 5.66. The number of nitrogens with one attached hydrogen (secondary N) is 2. The summed E-state index contributed by atoms with van der Waals surface area (Å²) in [6.07, 6.45) is -0.857. The topological polar surface area (TPSA) is 67.4 Å². The molecule has 3 aromatic carbocycles. The van der Waals surface area contributed by atoms with Gasteiger partial charge < -0.3 is 4.74 Å². The van der Waals surface area contributed by atoms with Crippen molar-refractivity contribution >= 4 is 22.6 Å². The van der Waals surface area contributed by atoms with Crippen LogP contribution < -0.4 is 15.6 Å². The van der Waals surface area contributed by atoms with Crippen LogP contribution in [-0.2, 0) is 16.0 Å². The molecule has 2 N–H and O–H groups in total. The molecule has 0 aliphatic rings. The van der Waals surface area contributed by atoms with E-state index in [1.807, 2.05) is 42.5 Å². The molecule has 0 spiro atoms. The van der Waals surface area contributed by atoms with Crippen molar-refractivity contribution in [1.82, 2.24) is 10.9 Å². The summed E-state index contributed by atoms with van der Waals surface area (Å²) < 4.78 is 18.8. The normalized spacial score (nSPS) is 11.6. The standard InChI is InChI=1S/C21H19FN2O3/c1-14(27-19-12-5-4-11-18(19)22)21(26)24-23-20(25)13-16-9-6-8-15-7-2-3-10-17(15)16/h2-12,14H,13H2,1H3,(H,23,25)(H,24,26)/t14-/m1/s1. The molecule has 0 heterocycles. The van der Waals surface area contributed by atoms with Gasteiger partial charge in [-0.15, -0.1) is 0 Å². The lowest BCUT2D eigenvalue weighted by Crippen LogP contribution is -2.47. The predicted molar refractivity (Wildman–Crippen MR) is 100 cm³/mol. The summed E-state index contributed by atoms with van der Waals surface area (Å²) in [6, 6.07) is 19.3. The van der Waals surface area contributed by atoms with Gasteiger partial charge in [-0.3, -0.25) is 20.4 Å². The van der Waals surface area contributed by atoms with Crippen molar-refractivity contribution in [1.29, 1.82) is 0 Å². The molecular weight excluding hydrogens is 347 g/mol. The molecule has 0 bridgehead atoms. The number of hydrogen-bond donors (Lipinski definition) is 2. The van der Waals surface area contributed by atoms with E-state index < -0.39 is 17.8 Å². The third-order valence-electron chi connectivity index (χ3n) is 4.07. The van der Waals surface area contributed by atoms with Crippen LogP contribution in [0.2, 0.25) is 0 Å². The molecule has 0 fully saturated rings. The quantitative estimate of drug-likeness (QED) is 0.682. The van der Waals surface area contributed by atoms with E-state index in [1.54, 1.807) is 6.07 Å². The van der Waals surface area contributed by atoms with Crippen LogP contribution in [0.15, 0.2) is 66.7 Å². The molecule has 0 unspecified atom stereocenters. The Morgan fingerprint density at radius 2 is 1.67 bits per heavy atom. The van der Waals surface area contributed by atoms with Crippen molar-refractivity contribution in [2.24, 2.45) is 0 Å². The molecule has 138 valence electrons. The first kappa shape index (κ1) is 18.4. The van der Waals surface area contributed by atoms with E-state index >= 15 is 0 Å². The minimum absolute atomic E-state index is 0.0257. The van der Waals surface area contributed by atoms with Gasteiger partial charge in [-0.1, -0.05) is 54.6 Å².